The highest BCUT2D eigenvalue weighted by Crippen LogP contribution is 2.29. The van der Waals surface area contributed by atoms with Crippen molar-refractivity contribution in [2.45, 2.75) is 26.7 Å². The summed E-state index contributed by atoms with van der Waals surface area (Å²) < 4.78 is 16.1. The van der Waals surface area contributed by atoms with Crippen molar-refractivity contribution in [3.05, 3.63) is 29.8 Å². The Hall–Kier alpha value is -3.01. The van der Waals surface area contributed by atoms with Gasteiger partial charge in [0.2, 0.25) is 0 Å². The van der Waals surface area contributed by atoms with Crippen molar-refractivity contribution in [2.75, 3.05) is 33.4 Å². The Morgan fingerprint density at radius 3 is 2.67 bits per heavy atom. The van der Waals surface area contributed by atoms with Crippen molar-refractivity contribution in [1.82, 2.24) is 4.90 Å². The minimum Gasteiger partial charge on any atom is -0.490 e. The maximum atomic E-state index is 11.8. The van der Waals surface area contributed by atoms with Gasteiger partial charge in [0.25, 0.3) is 5.91 Å². The number of benzene rings is 1. The van der Waals surface area contributed by atoms with Crippen LogP contribution in [0.15, 0.2) is 24.3 Å². The molecule has 0 atom stereocenters. The van der Waals surface area contributed by atoms with Crippen LogP contribution in [0.4, 0.5) is 0 Å². The largest absolute Gasteiger partial charge is 0.490 e. The summed E-state index contributed by atoms with van der Waals surface area (Å²) in [6, 6.07) is 7.33. The Morgan fingerprint density at radius 2 is 2.00 bits per heavy atom. The molecule has 0 aliphatic heterocycles. The molecule has 0 saturated carbocycles. The maximum absolute atomic E-state index is 11.8. The summed E-state index contributed by atoms with van der Waals surface area (Å²) >= 11 is 0. The van der Waals surface area contributed by atoms with Gasteiger partial charge in [-0.05, 0) is 37.1 Å². The number of hydrogen-bond acceptors (Lipinski definition) is 6. The molecule has 0 bridgehead atoms. The van der Waals surface area contributed by atoms with E-state index >= 15 is 0 Å². The van der Waals surface area contributed by atoms with Crippen LogP contribution >= 0.6 is 0 Å². The number of ether oxygens (including phenoxy) is 3. The van der Waals surface area contributed by atoms with Crippen LogP contribution in [-0.4, -0.2) is 50.2 Å². The Balaban J connectivity index is 2.62. The topological polar surface area (TPSA) is 88.9 Å². The first kappa shape index (κ1) is 22.0. The lowest BCUT2D eigenvalue weighted by atomic mass is 10.2. The molecule has 1 aromatic carbocycles. The summed E-state index contributed by atoms with van der Waals surface area (Å²) in [5.41, 5.74) is 0.747. The van der Waals surface area contributed by atoms with E-state index in [1.807, 2.05) is 19.9 Å². The third kappa shape index (κ3) is 8.27. The number of nitrogens with zero attached hydrogens (tertiary/aromatic N) is 2. The van der Waals surface area contributed by atoms with E-state index in [9.17, 15) is 9.59 Å². The van der Waals surface area contributed by atoms with E-state index in [1.165, 1.54) is 11.0 Å². The number of esters is 1. The molecule has 0 spiro atoms. The van der Waals surface area contributed by atoms with Crippen molar-refractivity contribution in [3.8, 4) is 17.6 Å². The molecule has 0 radical (unpaired) electrons. The smallest absolute Gasteiger partial charge is 0.331 e. The van der Waals surface area contributed by atoms with Crippen LogP contribution in [0.2, 0.25) is 0 Å². The van der Waals surface area contributed by atoms with Gasteiger partial charge in [0, 0.05) is 19.7 Å². The van der Waals surface area contributed by atoms with Gasteiger partial charge in [0.1, 0.15) is 0 Å². The van der Waals surface area contributed by atoms with Gasteiger partial charge in [0.15, 0.2) is 18.1 Å². The molecule has 1 amide bonds. The second-order valence-corrected chi connectivity index (χ2v) is 5.65. The second-order valence-electron chi connectivity index (χ2n) is 5.65. The molecule has 1 aromatic rings. The zero-order valence-corrected chi connectivity index (χ0v) is 16.1. The number of carbonyl (C=O) groups is 2. The van der Waals surface area contributed by atoms with Gasteiger partial charge >= 0.3 is 5.97 Å². The molecule has 0 fully saturated rings. The highest BCUT2D eigenvalue weighted by atomic mass is 16.5. The van der Waals surface area contributed by atoms with E-state index in [0.29, 0.717) is 31.3 Å². The molecule has 7 heteroatoms. The molecule has 0 aromatic heterocycles. The fraction of sp³-hybridized carbons (Fsp3) is 0.450. The summed E-state index contributed by atoms with van der Waals surface area (Å²) in [5.74, 6) is 0.282. The molecule has 146 valence electrons. The first-order valence-electron chi connectivity index (χ1n) is 8.87. The average molecular weight is 374 g/mol. The van der Waals surface area contributed by atoms with Crippen LogP contribution < -0.4 is 9.47 Å². The number of hydrogen-bond donors (Lipinski definition) is 0. The zero-order chi connectivity index (χ0) is 20.1. The Labute approximate surface area is 160 Å². The van der Waals surface area contributed by atoms with Gasteiger partial charge in [-0.15, -0.1) is 0 Å². The van der Waals surface area contributed by atoms with E-state index in [2.05, 4.69) is 0 Å². The zero-order valence-electron chi connectivity index (χ0n) is 16.1. The molecule has 0 aliphatic carbocycles. The lowest BCUT2D eigenvalue weighted by Crippen LogP contribution is -2.31. The van der Waals surface area contributed by atoms with E-state index in [4.69, 9.17) is 19.5 Å². The normalized spacial score (nSPS) is 10.3. The lowest BCUT2D eigenvalue weighted by molar-refractivity contribution is -0.147. The molecule has 7 nitrogen and oxygen atoms in total. The van der Waals surface area contributed by atoms with Gasteiger partial charge in [-0.25, -0.2) is 4.79 Å². The minimum atomic E-state index is -0.624. The first-order chi connectivity index (χ1) is 13.0. The summed E-state index contributed by atoms with van der Waals surface area (Å²) in [6.45, 7) is 4.94. The van der Waals surface area contributed by atoms with Crippen molar-refractivity contribution < 1.29 is 23.8 Å². The summed E-state index contributed by atoms with van der Waals surface area (Å²) in [5, 5.41) is 8.51. The predicted molar refractivity (Wildman–Crippen MR) is 101 cm³/mol. The standard InChI is InChI=1S/C20H26N2O5/c1-4-13-26-17-9-7-16(14-18(17)25-5-2)8-10-20(24)27-15-19(23)22(3)12-6-11-21/h7-10,14H,4-6,12-13,15H2,1-3H3/b10-8+. The van der Waals surface area contributed by atoms with E-state index in [1.54, 1.807) is 31.3 Å². The van der Waals surface area contributed by atoms with E-state index in [0.717, 1.165) is 12.0 Å². The quantitative estimate of drug-likeness (QED) is 0.437. The molecular formula is C20H26N2O5. The Morgan fingerprint density at radius 1 is 1.22 bits per heavy atom. The minimum absolute atomic E-state index is 0.232. The van der Waals surface area contributed by atoms with Crippen LogP contribution in [-0.2, 0) is 14.3 Å². The lowest BCUT2D eigenvalue weighted by Gasteiger charge is -2.14. The van der Waals surface area contributed by atoms with Gasteiger partial charge in [-0.2, -0.15) is 5.26 Å². The molecule has 0 unspecified atom stereocenters. The van der Waals surface area contributed by atoms with Crippen LogP contribution in [0.25, 0.3) is 6.08 Å². The molecule has 1 rings (SSSR count). The highest BCUT2D eigenvalue weighted by molar-refractivity contribution is 5.89. The fourth-order valence-corrected chi connectivity index (χ4v) is 2.03. The maximum Gasteiger partial charge on any atom is 0.331 e. The highest BCUT2D eigenvalue weighted by Gasteiger charge is 2.10. The number of amides is 1. The molecule has 0 aliphatic rings. The van der Waals surface area contributed by atoms with Gasteiger partial charge in [-0.1, -0.05) is 13.0 Å². The summed E-state index contributed by atoms with van der Waals surface area (Å²) in [7, 11) is 1.56. The van der Waals surface area contributed by atoms with Crippen LogP contribution in [0.3, 0.4) is 0 Å². The average Bonchev–Trinajstić information content (AvgIpc) is 2.68. The number of nitriles is 1. The van der Waals surface area contributed by atoms with E-state index in [-0.39, 0.29) is 18.9 Å². The molecule has 27 heavy (non-hydrogen) atoms. The van der Waals surface area contributed by atoms with Crippen molar-refractivity contribution in [2.24, 2.45) is 0 Å². The van der Waals surface area contributed by atoms with Crippen LogP contribution in [0.5, 0.6) is 11.5 Å². The summed E-state index contributed by atoms with van der Waals surface area (Å²) in [4.78, 5) is 24.9. The number of carbonyl (C=O) groups excluding carboxylic acids is 2. The molecule has 0 saturated heterocycles. The van der Waals surface area contributed by atoms with Crippen LogP contribution in [0.1, 0.15) is 32.3 Å². The van der Waals surface area contributed by atoms with Gasteiger partial charge < -0.3 is 19.1 Å². The van der Waals surface area contributed by atoms with Crippen LogP contribution in [0, 0.1) is 11.3 Å². The Bertz CT molecular complexity index is 694. The third-order valence-corrected chi connectivity index (χ3v) is 3.46. The van der Waals surface area contributed by atoms with Gasteiger partial charge in [-0.3, -0.25) is 4.79 Å². The summed E-state index contributed by atoms with van der Waals surface area (Å²) in [6.07, 6.45) is 3.96. The fourth-order valence-electron chi connectivity index (χ4n) is 2.03. The molecular weight excluding hydrogens is 348 g/mol. The van der Waals surface area contributed by atoms with Gasteiger partial charge in [0.05, 0.1) is 25.7 Å². The molecule has 0 heterocycles. The van der Waals surface area contributed by atoms with Crippen molar-refractivity contribution in [3.63, 3.8) is 0 Å². The Kier molecular flexibility index (Phi) is 10.1. The second kappa shape index (κ2) is 12.4. The van der Waals surface area contributed by atoms with Crippen molar-refractivity contribution in [1.29, 1.82) is 5.26 Å². The van der Waals surface area contributed by atoms with E-state index < -0.39 is 5.97 Å². The number of rotatable bonds is 11. The number of likely N-dealkylation sites (N-methyl/N-ethyl adjacent to an activating group) is 1. The first-order valence-corrected chi connectivity index (χ1v) is 8.87. The predicted octanol–water partition coefficient (Wildman–Crippen LogP) is 2.80. The molecule has 0 N–H and O–H groups in total. The van der Waals surface area contributed by atoms with Crippen molar-refractivity contribution >= 4 is 18.0 Å². The monoisotopic (exact) mass is 374 g/mol. The SMILES string of the molecule is CCCOc1ccc(/C=C/C(=O)OCC(=O)N(C)CCC#N)cc1OCC. The third-order valence-electron chi connectivity index (χ3n) is 3.46.